The van der Waals surface area contributed by atoms with Gasteiger partial charge in [0.2, 0.25) is 0 Å². The number of aromatic nitrogens is 6. The molecule has 0 saturated heterocycles. The molecule has 18 aromatic carbocycles. The summed E-state index contributed by atoms with van der Waals surface area (Å²) in [6, 6.07) is 142. The second-order valence-corrected chi connectivity index (χ2v) is 32.0. The number of nitrogens with zero attached hydrogens (tertiary/aromatic N) is 6. The van der Waals surface area contributed by atoms with Crippen molar-refractivity contribution >= 4 is 76.2 Å². The van der Waals surface area contributed by atoms with Crippen LogP contribution in [0.1, 0.15) is 49.9 Å². The van der Waals surface area contributed by atoms with Crippen LogP contribution in [0, 0.1) is 0 Å². The first-order chi connectivity index (χ1) is 57.9. The molecular formula is C112H78N6. The van der Waals surface area contributed by atoms with Crippen LogP contribution in [0.25, 0.3) is 199 Å². The first-order valence-electron chi connectivity index (χ1n) is 40.5. The maximum atomic E-state index is 5.21. The van der Waals surface area contributed by atoms with Crippen molar-refractivity contribution in [3.05, 3.63) is 423 Å². The van der Waals surface area contributed by atoms with Gasteiger partial charge >= 0.3 is 0 Å². The maximum Gasteiger partial charge on any atom is 0.0973 e. The Balaban J connectivity index is 0.000000110. The smallest absolute Gasteiger partial charge is 0.0973 e. The molecule has 0 saturated carbocycles. The number of hydrogen-bond donors (Lipinski definition) is 0. The summed E-state index contributed by atoms with van der Waals surface area (Å²) in [5.41, 5.74) is 35.0. The van der Waals surface area contributed by atoms with Crippen LogP contribution in [-0.4, -0.2) is 29.9 Å². The van der Waals surface area contributed by atoms with Crippen molar-refractivity contribution in [1.29, 1.82) is 0 Å². The van der Waals surface area contributed by atoms with Crippen LogP contribution in [-0.2, 0) is 10.8 Å². The monoisotopic (exact) mass is 1510 g/mol. The Kier molecular flexibility index (Phi) is 17.5. The normalized spacial score (nSPS) is 12.7. The molecule has 23 rings (SSSR count). The van der Waals surface area contributed by atoms with Crippen molar-refractivity contribution in [3.63, 3.8) is 0 Å². The van der Waals surface area contributed by atoms with E-state index >= 15 is 0 Å². The molecule has 0 spiro atoms. The fourth-order valence-corrected chi connectivity index (χ4v) is 17.9. The molecule has 0 radical (unpaired) electrons. The number of hydrogen-bond acceptors (Lipinski definition) is 6. The van der Waals surface area contributed by atoms with Gasteiger partial charge in [-0.1, -0.05) is 355 Å². The molecule has 2 aliphatic carbocycles. The maximum absolute atomic E-state index is 5.21. The van der Waals surface area contributed by atoms with E-state index in [1.165, 1.54) is 121 Å². The molecule has 2 aliphatic rings. The summed E-state index contributed by atoms with van der Waals surface area (Å²) in [5.74, 6) is 0. The highest BCUT2D eigenvalue weighted by molar-refractivity contribution is 6.09. The predicted molar refractivity (Wildman–Crippen MR) is 493 cm³/mol. The van der Waals surface area contributed by atoms with Gasteiger partial charge in [0.1, 0.15) is 0 Å². The van der Waals surface area contributed by atoms with Crippen LogP contribution in [0.15, 0.2) is 400 Å². The Morgan fingerprint density at radius 1 is 0.153 bits per heavy atom. The van der Waals surface area contributed by atoms with Crippen LogP contribution in [0.5, 0.6) is 0 Å². The highest BCUT2D eigenvalue weighted by Gasteiger charge is 2.38. The average molecular weight is 1510 g/mol. The Bertz CT molecular complexity index is 7520. The quantitative estimate of drug-likeness (QED) is 0.134. The third-order valence-electron chi connectivity index (χ3n) is 24.2. The fraction of sp³-hybridized carbons (Fsp3) is 0.0536. The van der Waals surface area contributed by atoms with Crippen molar-refractivity contribution in [2.45, 2.75) is 38.5 Å². The summed E-state index contributed by atoms with van der Waals surface area (Å²) in [6.07, 6.45) is 0. The van der Waals surface area contributed by atoms with Crippen LogP contribution < -0.4 is 0 Å². The van der Waals surface area contributed by atoms with E-state index in [9.17, 15) is 0 Å². The topological polar surface area (TPSA) is 77.3 Å². The van der Waals surface area contributed by atoms with Crippen LogP contribution in [0.3, 0.4) is 0 Å². The molecule has 0 unspecified atom stereocenters. The van der Waals surface area contributed by atoms with Crippen LogP contribution in [0.4, 0.5) is 0 Å². The summed E-state index contributed by atoms with van der Waals surface area (Å²) < 4.78 is 0. The molecule has 0 aliphatic heterocycles. The first kappa shape index (κ1) is 70.9. The second-order valence-electron chi connectivity index (χ2n) is 32.0. The lowest BCUT2D eigenvalue weighted by atomic mass is 9.81. The van der Waals surface area contributed by atoms with Crippen LogP contribution in [0.2, 0.25) is 0 Å². The van der Waals surface area contributed by atoms with E-state index in [1.54, 1.807) is 0 Å². The highest BCUT2D eigenvalue weighted by Crippen LogP contribution is 2.53. The number of rotatable bonds is 9. The van der Waals surface area contributed by atoms with Gasteiger partial charge in [-0.25, -0.2) is 29.9 Å². The SMILES string of the molecule is CC1(C)c2cc(-c3nc4ccccc4nc3-c3ccc(-c4ccccc4)cc3)ccc2-c2cc3ccccc3cc21.CC1(C)c2ccccc2-c2ccc(-c3nc4ccccc4nc3-c3ccc(-c4ccccc4)cc3)cc21.c1ccc2cc(-c3ccc(-c4nc5ccccc5nc4-c4ccc5c(ccc6ccccc65)c4)cc3)ccc2c1. The van der Waals surface area contributed by atoms with Crippen molar-refractivity contribution in [3.8, 4) is 123 Å². The van der Waals surface area contributed by atoms with Gasteiger partial charge in [-0.3, -0.25) is 0 Å². The highest BCUT2D eigenvalue weighted by atomic mass is 14.9. The predicted octanol–water partition coefficient (Wildman–Crippen LogP) is 29.1. The van der Waals surface area contributed by atoms with E-state index in [0.717, 1.165) is 101 Å². The zero-order valence-electron chi connectivity index (χ0n) is 65.8. The van der Waals surface area contributed by atoms with Crippen molar-refractivity contribution in [1.82, 2.24) is 29.9 Å². The van der Waals surface area contributed by atoms with E-state index in [0.29, 0.717) is 0 Å². The minimum Gasteiger partial charge on any atom is -0.244 e. The molecule has 21 aromatic rings. The Hall–Kier alpha value is -15.0. The Morgan fingerprint density at radius 2 is 0.432 bits per heavy atom. The number of benzene rings is 18. The largest absolute Gasteiger partial charge is 0.244 e. The third-order valence-corrected chi connectivity index (χ3v) is 24.2. The number of para-hydroxylation sites is 6. The molecule has 118 heavy (non-hydrogen) atoms. The molecule has 6 heteroatoms. The van der Waals surface area contributed by atoms with Gasteiger partial charge in [0.05, 0.1) is 67.3 Å². The molecule has 0 N–H and O–H groups in total. The zero-order chi connectivity index (χ0) is 79.0. The van der Waals surface area contributed by atoms with E-state index < -0.39 is 0 Å². The summed E-state index contributed by atoms with van der Waals surface area (Å²) >= 11 is 0. The van der Waals surface area contributed by atoms with Crippen molar-refractivity contribution in [2.75, 3.05) is 0 Å². The van der Waals surface area contributed by atoms with Crippen LogP contribution >= 0.6 is 0 Å². The Morgan fingerprint density at radius 3 is 0.924 bits per heavy atom. The van der Waals surface area contributed by atoms with Crippen molar-refractivity contribution in [2.24, 2.45) is 0 Å². The minimum absolute atomic E-state index is 0.0658. The third kappa shape index (κ3) is 12.8. The molecule has 0 bridgehead atoms. The minimum atomic E-state index is -0.119. The molecular weight excluding hydrogens is 1430 g/mol. The molecule has 3 heterocycles. The lowest BCUT2D eigenvalue weighted by molar-refractivity contribution is 0.660. The van der Waals surface area contributed by atoms with Gasteiger partial charge in [-0.2, -0.15) is 0 Å². The molecule has 0 atom stereocenters. The van der Waals surface area contributed by atoms with Gasteiger partial charge < -0.3 is 0 Å². The summed E-state index contributed by atoms with van der Waals surface area (Å²) in [6.45, 7) is 9.31. The summed E-state index contributed by atoms with van der Waals surface area (Å²) in [7, 11) is 0. The average Bonchev–Trinajstić information content (AvgIpc) is 1.58. The first-order valence-corrected chi connectivity index (χ1v) is 40.5. The van der Waals surface area contributed by atoms with E-state index in [4.69, 9.17) is 29.9 Å². The van der Waals surface area contributed by atoms with Gasteiger partial charge in [0, 0.05) is 44.2 Å². The molecule has 0 amide bonds. The molecule has 556 valence electrons. The van der Waals surface area contributed by atoms with Gasteiger partial charge in [0.15, 0.2) is 0 Å². The Labute approximate surface area is 685 Å². The van der Waals surface area contributed by atoms with Gasteiger partial charge in [-0.05, 0) is 194 Å². The lowest BCUT2D eigenvalue weighted by Crippen LogP contribution is -2.15. The lowest BCUT2D eigenvalue weighted by Gasteiger charge is -2.22. The standard InChI is InChI=1S/C39H28N2.C38H24N2.C35H26N2/c1-39(2)33-24-30(20-21-31(33)32-22-28-12-6-7-13-29(28)23-34(32)39)38-37(40-35-14-8-9-15-36(35)41-38)27-18-16-26(17-19-27)25-10-4-3-5-11-25;1-2-9-29-23-30(19-15-25(29)7-1)26-13-17-28(18-14-26)37-38(40-36-12-6-5-11-35(36)39-37)32-21-22-34-31(24-32)20-16-27-8-3-4-10-33(27)34;1-35(2)29-13-7-6-12-27(29)28-21-20-26(22-30(28)35)34-33(36-31-14-8-9-15-32(31)37-34)25-18-16-24(17-19-25)23-10-4-3-5-11-23/h3-24H,1-2H3;1-24H;3-22H,1-2H3. The van der Waals surface area contributed by atoms with Gasteiger partial charge in [0.25, 0.3) is 0 Å². The number of fused-ring (bicyclic) bond motifs is 14. The molecule has 3 aromatic heterocycles. The van der Waals surface area contributed by atoms with E-state index in [-0.39, 0.29) is 10.8 Å². The fourth-order valence-electron chi connectivity index (χ4n) is 17.9. The van der Waals surface area contributed by atoms with Gasteiger partial charge in [-0.15, -0.1) is 0 Å². The van der Waals surface area contributed by atoms with E-state index in [1.807, 2.05) is 84.9 Å². The molecule has 6 nitrogen and oxygen atoms in total. The molecule has 0 fully saturated rings. The summed E-state index contributed by atoms with van der Waals surface area (Å²) in [4.78, 5) is 30.9. The zero-order valence-corrected chi connectivity index (χ0v) is 65.8. The summed E-state index contributed by atoms with van der Waals surface area (Å²) in [5, 5.41) is 10.0. The van der Waals surface area contributed by atoms with E-state index in [2.05, 4.69) is 343 Å². The van der Waals surface area contributed by atoms with Crippen molar-refractivity contribution < 1.29 is 0 Å². The second kappa shape index (κ2) is 29.1.